The van der Waals surface area contributed by atoms with Crippen molar-refractivity contribution in [2.24, 2.45) is 7.05 Å². The molecular formula is C21H21BrFN3O3. The second-order valence-corrected chi connectivity index (χ2v) is 7.27. The maximum absolute atomic E-state index is 13.3. The van der Waals surface area contributed by atoms with Crippen LogP contribution in [0.3, 0.4) is 0 Å². The van der Waals surface area contributed by atoms with Crippen molar-refractivity contribution >= 4 is 21.8 Å². The van der Waals surface area contributed by atoms with E-state index in [1.165, 1.54) is 18.2 Å². The summed E-state index contributed by atoms with van der Waals surface area (Å²) in [4.78, 5) is 17.3. The van der Waals surface area contributed by atoms with E-state index in [1.54, 1.807) is 26.4 Å². The fourth-order valence-electron chi connectivity index (χ4n) is 2.92. The van der Waals surface area contributed by atoms with Crippen molar-refractivity contribution in [2.75, 3.05) is 7.11 Å². The van der Waals surface area contributed by atoms with E-state index in [4.69, 9.17) is 9.47 Å². The molecule has 152 valence electrons. The summed E-state index contributed by atoms with van der Waals surface area (Å²) in [6, 6.07) is 10.9. The number of hydrogen-bond donors (Lipinski definition) is 1. The molecule has 0 aliphatic heterocycles. The van der Waals surface area contributed by atoms with Crippen LogP contribution in [0, 0.1) is 5.82 Å². The van der Waals surface area contributed by atoms with E-state index in [1.807, 2.05) is 35.9 Å². The van der Waals surface area contributed by atoms with Gasteiger partial charge in [0.1, 0.15) is 29.2 Å². The molecule has 0 aliphatic rings. The molecule has 29 heavy (non-hydrogen) atoms. The molecule has 1 aromatic heterocycles. The summed E-state index contributed by atoms with van der Waals surface area (Å²) in [5.74, 6) is 0.918. The average molecular weight is 462 g/mol. The van der Waals surface area contributed by atoms with Crippen LogP contribution in [0.15, 0.2) is 59.3 Å². The van der Waals surface area contributed by atoms with Gasteiger partial charge in [0.25, 0.3) is 5.91 Å². The molecule has 0 fully saturated rings. The number of nitrogens with zero attached hydrogens (tertiary/aromatic N) is 2. The molecule has 1 N–H and O–H groups in total. The van der Waals surface area contributed by atoms with E-state index in [9.17, 15) is 9.18 Å². The molecule has 1 heterocycles. The predicted octanol–water partition coefficient (Wildman–Crippen LogP) is 4.00. The topological polar surface area (TPSA) is 65.4 Å². The van der Waals surface area contributed by atoms with Gasteiger partial charge in [0.15, 0.2) is 6.10 Å². The summed E-state index contributed by atoms with van der Waals surface area (Å²) in [6.07, 6.45) is 2.65. The summed E-state index contributed by atoms with van der Waals surface area (Å²) < 4.78 is 26.7. The van der Waals surface area contributed by atoms with E-state index in [2.05, 4.69) is 26.2 Å². The second-order valence-electron chi connectivity index (χ2n) is 6.41. The number of nitrogens with one attached hydrogen (secondary N) is 1. The molecule has 2 aromatic carbocycles. The van der Waals surface area contributed by atoms with Crippen LogP contribution in [-0.4, -0.2) is 28.7 Å². The number of aryl methyl sites for hydroxylation is 1. The molecule has 0 saturated carbocycles. The standard InChI is InChI=1S/C21H21BrFN3O3/c1-13(29-18-9-8-14(23)12-16(18)22)21(27)25-19(20-24-10-11-26(20)2)15-6-4-5-7-17(15)28-3/h4-13,19H,1-3H3,(H,25,27). The number of carbonyl (C=O) groups is 1. The van der Waals surface area contributed by atoms with Gasteiger partial charge in [-0.25, -0.2) is 9.37 Å². The molecule has 0 spiro atoms. The number of methoxy groups -OCH3 is 1. The van der Waals surface area contributed by atoms with Gasteiger partial charge in [-0.15, -0.1) is 0 Å². The molecule has 0 aliphatic carbocycles. The van der Waals surface area contributed by atoms with E-state index in [-0.39, 0.29) is 5.91 Å². The Hall–Kier alpha value is -2.87. The molecule has 1 amide bonds. The molecule has 0 saturated heterocycles. The summed E-state index contributed by atoms with van der Waals surface area (Å²) in [7, 11) is 3.43. The zero-order valence-corrected chi connectivity index (χ0v) is 17.8. The zero-order chi connectivity index (χ0) is 21.0. The highest BCUT2D eigenvalue weighted by atomic mass is 79.9. The van der Waals surface area contributed by atoms with E-state index >= 15 is 0 Å². The average Bonchev–Trinajstić information content (AvgIpc) is 3.13. The van der Waals surface area contributed by atoms with Crippen LogP contribution in [0.2, 0.25) is 0 Å². The van der Waals surface area contributed by atoms with Gasteiger partial charge in [-0.3, -0.25) is 4.79 Å². The van der Waals surface area contributed by atoms with Gasteiger partial charge in [-0.05, 0) is 47.1 Å². The SMILES string of the molecule is COc1ccccc1C(NC(=O)C(C)Oc1ccc(F)cc1Br)c1nccn1C. The number of ether oxygens (including phenoxy) is 2. The lowest BCUT2D eigenvalue weighted by Gasteiger charge is -2.23. The number of aromatic nitrogens is 2. The third-order valence-corrected chi connectivity index (χ3v) is 5.04. The van der Waals surface area contributed by atoms with Crippen molar-refractivity contribution < 1.29 is 18.7 Å². The molecule has 3 aromatic rings. The summed E-state index contributed by atoms with van der Waals surface area (Å²) >= 11 is 3.25. The summed E-state index contributed by atoms with van der Waals surface area (Å²) in [6.45, 7) is 1.63. The fraction of sp³-hybridized carbons (Fsp3) is 0.238. The predicted molar refractivity (Wildman–Crippen MR) is 110 cm³/mol. The third-order valence-electron chi connectivity index (χ3n) is 4.42. The van der Waals surface area contributed by atoms with Gasteiger partial charge in [0.05, 0.1) is 11.6 Å². The first-order chi connectivity index (χ1) is 13.9. The van der Waals surface area contributed by atoms with Gasteiger partial charge in [-0.2, -0.15) is 0 Å². The van der Waals surface area contributed by atoms with Crippen LogP contribution in [0.1, 0.15) is 24.4 Å². The largest absolute Gasteiger partial charge is 0.496 e. The second kappa shape index (κ2) is 9.09. The number of amides is 1. The molecule has 0 radical (unpaired) electrons. The maximum Gasteiger partial charge on any atom is 0.261 e. The first kappa shape index (κ1) is 20.9. The van der Waals surface area contributed by atoms with Gasteiger partial charge in [0.2, 0.25) is 0 Å². The number of benzene rings is 2. The van der Waals surface area contributed by atoms with E-state index < -0.39 is 18.0 Å². The highest BCUT2D eigenvalue weighted by Gasteiger charge is 2.26. The Morgan fingerprint density at radius 1 is 1.24 bits per heavy atom. The van der Waals surface area contributed by atoms with Crippen molar-refractivity contribution in [3.63, 3.8) is 0 Å². The lowest BCUT2D eigenvalue weighted by molar-refractivity contribution is -0.127. The van der Waals surface area contributed by atoms with Crippen LogP contribution in [-0.2, 0) is 11.8 Å². The third kappa shape index (κ3) is 4.76. The lowest BCUT2D eigenvalue weighted by atomic mass is 10.0. The van der Waals surface area contributed by atoms with Crippen LogP contribution < -0.4 is 14.8 Å². The molecule has 6 nitrogen and oxygen atoms in total. The fourth-order valence-corrected chi connectivity index (χ4v) is 3.36. The summed E-state index contributed by atoms with van der Waals surface area (Å²) in [5.41, 5.74) is 0.771. The Kier molecular flexibility index (Phi) is 6.53. The van der Waals surface area contributed by atoms with Crippen molar-refractivity contribution in [3.8, 4) is 11.5 Å². The van der Waals surface area contributed by atoms with Gasteiger partial charge in [0, 0.05) is 25.0 Å². The van der Waals surface area contributed by atoms with Crippen molar-refractivity contribution in [3.05, 3.63) is 76.5 Å². The molecule has 2 unspecified atom stereocenters. The van der Waals surface area contributed by atoms with E-state index in [0.29, 0.717) is 21.8 Å². The number of rotatable bonds is 7. The van der Waals surface area contributed by atoms with Crippen molar-refractivity contribution in [1.29, 1.82) is 0 Å². The number of halogens is 2. The van der Waals surface area contributed by atoms with Crippen LogP contribution in [0.25, 0.3) is 0 Å². The monoisotopic (exact) mass is 461 g/mol. The molecule has 2 atom stereocenters. The molecule has 8 heteroatoms. The Balaban J connectivity index is 1.85. The quantitative estimate of drug-likeness (QED) is 0.577. The van der Waals surface area contributed by atoms with Crippen LogP contribution >= 0.6 is 15.9 Å². The maximum atomic E-state index is 13.3. The minimum absolute atomic E-state index is 0.347. The van der Waals surface area contributed by atoms with E-state index in [0.717, 1.165) is 5.56 Å². The highest BCUT2D eigenvalue weighted by Crippen LogP contribution is 2.30. The first-order valence-corrected chi connectivity index (χ1v) is 9.72. The molecular weight excluding hydrogens is 441 g/mol. The number of hydrogen-bond acceptors (Lipinski definition) is 4. The Morgan fingerprint density at radius 3 is 2.66 bits per heavy atom. The van der Waals surface area contributed by atoms with Crippen LogP contribution in [0.4, 0.5) is 4.39 Å². The number of imidazole rings is 1. The number of carbonyl (C=O) groups excluding carboxylic acids is 1. The summed E-state index contributed by atoms with van der Waals surface area (Å²) in [5, 5.41) is 2.99. The van der Waals surface area contributed by atoms with Crippen molar-refractivity contribution in [2.45, 2.75) is 19.1 Å². The molecule has 3 rings (SSSR count). The Bertz CT molecular complexity index is 1010. The van der Waals surface area contributed by atoms with Crippen LogP contribution in [0.5, 0.6) is 11.5 Å². The normalized spacial score (nSPS) is 12.9. The highest BCUT2D eigenvalue weighted by molar-refractivity contribution is 9.10. The number of para-hydroxylation sites is 1. The minimum atomic E-state index is -0.825. The minimum Gasteiger partial charge on any atom is -0.496 e. The van der Waals surface area contributed by atoms with Gasteiger partial charge >= 0.3 is 0 Å². The van der Waals surface area contributed by atoms with Gasteiger partial charge in [-0.1, -0.05) is 18.2 Å². The Morgan fingerprint density at radius 2 is 2.00 bits per heavy atom. The van der Waals surface area contributed by atoms with Crippen molar-refractivity contribution in [1.82, 2.24) is 14.9 Å². The lowest BCUT2D eigenvalue weighted by Crippen LogP contribution is -2.40. The van der Waals surface area contributed by atoms with Gasteiger partial charge < -0.3 is 19.4 Å². The Labute approximate surface area is 176 Å². The zero-order valence-electron chi connectivity index (χ0n) is 16.2. The first-order valence-electron chi connectivity index (χ1n) is 8.93. The molecule has 0 bridgehead atoms. The smallest absolute Gasteiger partial charge is 0.261 e.